The molecule has 0 aromatic heterocycles. The normalized spacial score (nSPS) is 17.4. The topological polar surface area (TPSA) is 85.3 Å². The van der Waals surface area contributed by atoms with Crippen LogP contribution in [0.4, 0.5) is 4.39 Å². The van der Waals surface area contributed by atoms with Gasteiger partial charge in [0.2, 0.25) is 5.88 Å². The largest absolute Gasteiger partial charge is 0.463 e. The average molecular weight is 395 g/mol. The van der Waals surface area contributed by atoms with Gasteiger partial charge in [-0.15, -0.1) is 0 Å². The lowest BCUT2D eigenvalue weighted by Crippen LogP contribution is -2.26. The Morgan fingerprint density at radius 1 is 1.50 bits per heavy atom. The van der Waals surface area contributed by atoms with E-state index in [0.29, 0.717) is 0 Å². The minimum atomic E-state index is -0.987. The minimum absolute atomic E-state index is 0.0277. The Bertz CT molecular complexity index is 809. The van der Waals surface area contributed by atoms with Crippen LogP contribution in [0.3, 0.4) is 0 Å². The smallest absolute Gasteiger partial charge is 0.338 e. The first-order valence-corrected chi connectivity index (χ1v) is 8.02. The fraction of sp³-hybridized carbons (Fsp3) is 0.294. The van der Waals surface area contributed by atoms with Crippen LogP contribution in [-0.2, 0) is 14.3 Å². The second-order valence-electron chi connectivity index (χ2n) is 5.27. The maximum Gasteiger partial charge on any atom is 0.338 e. The molecule has 126 valence electrons. The molecule has 0 aliphatic carbocycles. The lowest BCUT2D eigenvalue weighted by Gasteiger charge is -2.27. The molecule has 0 amide bonds. The third kappa shape index (κ3) is 3.15. The number of rotatable bonds is 3. The Kier molecular flexibility index (Phi) is 5.30. The number of esters is 1. The van der Waals surface area contributed by atoms with Gasteiger partial charge in [0.05, 0.1) is 22.6 Å². The van der Waals surface area contributed by atoms with E-state index in [2.05, 4.69) is 15.9 Å². The predicted octanol–water partition coefficient (Wildman–Crippen LogP) is 3.54. The summed E-state index contributed by atoms with van der Waals surface area (Å²) in [4.78, 5) is 12.4. The number of carbonyl (C=O) groups is 1. The number of aryl methyl sites for hydroxylation is 1. The van der Waals surface area contributed by atoms with Crippen molar-refractivity contribution in [2.75, 3.05) is 6.61 Å². The number of carbonyl (C=O) groups excluding carboxylic acids is 1. The highest BCUT2D eigenvalue weighted by Crippen LogP contribution is 2.42. The number of nitrogens with two attached hydrogens (primary N) is 1. The van der Waals surface area contributed by atoms with Gasteiger partial charge in [-0.25, -0.2) is 9.18 Å². The number of halogens is 2. The summed E-state index contributed by atoms with van der Waals surface area (Å²) in [6.45, 7) is 5.12. The van der Waals surface area contributed by atoms with Crippen LogP contribution >= 0.6 is 15.9 Å². The molecule has 0 saturated heterocycles. The van der Waals surface area contributed by atoms with Gasteiger partial charge in [-0.3, -0.25) is 0 Å². The van der Waals surface area contributed by atoms with Crippen LogP contribution in [0, 0.1) is 24.1 Å². The summed E-state index contributed by atoms with van der Waals surface area (Å²) in [6, 6.07) is 5.11. The summed E-state index contributed by atoms with van der Waals surface area (Å²) in [5.74, 6) is -2.18. The molecular formula is C17H16BrFN2O3. The van der Waals surface area contributed by atoms with E-state index in [1.165, 1.54) is 6.92 Å². The first-order chi connectivity index (χ1) is 11.3. The van der Waals surface area contributed by atoms with Crippen molar-refractivity contribution in [2.24, 2.45) is 5.73 Å². The highest BCUT2D eigenvalue weighted by molar-refractivity contribution is 9.10. The maximum absolute atomic E-state index is 14.7. The summed E-state index contributed by atoms with van der Waals surface area (Å²) in [5.41, 5.74) is 6.75. The van der Waals surface area contributed by atoms with Crippen LogP contribution in [0.5, 0.6) is 0 Å². The van der Waals surface area contributed by atoms with Gasteiger partial charge >= 0.3 is 5.97 Å². The third-order valence-electron chi connectivity index (χ3n) is 3.61. The van der Waals surface area contributed by atoms with E-state index in [1.54, 1.807) is 26.0 Å². The molecule has 1 aromatic rings. The summed E-state index contributed by atoms with van der Waals surface area (Å²) >= 11 is 3.15. The number of nitrogens with zero attached hydrogens (tertiary/aromatic N) is 1. The van der Waals surface area contributed by atoms with E-state index in [9.17, 15) is 14.4 Å². The van der Waals surface area contributed by atoms with Crippen LogP contribution < -0.4 is 5.73 Å². The number of hydrogen-bond donors (Lipinski definition) is 1. The van der Waals surface area contributed by atoms with Crippen molar-refractivity contribution >= 4 is 21.9 Å². The number of hydrogen-bond acceptors (Lipinski definition) is 5. The molecule has 1 atom stereocenters. The quantitative estimate of drug-likeness (QED) is 0.792. The molecule has 1 aromatic carbocycles. The van der Waals surface area contributed by atoms with Crippen molar-refractivity contribution in [2.45, 2.75) is 26.7 Å². The molecule has 0 spiro atoms. The molecule has 2 rings (SSSR count). The second kappa shape index (κ2) is 7.05. The number of allylic oxidation sites excluding steroid dienone is 2. The molecule has 7 heteroatoms. The zero-order valence-corrected chi connectivity index (χ0v) is 15.0. The molecule has 0 fully saturated rings. The maximum atomic E-state index is 14.7. The summed E-state index contributed by atoms with van der Waals surface area (Å²) in [6.07, 6.45) is 0. The molecule has 0 saturated carbocycles. The van der Waals surface area contributed by atoms with Gasteiger partial charge in [0.1, 0.15) is 23.2 Å². The molecule has 0 radical (unpaired) electrons. The molecular weight excluding hydrogens is 379 g/mol. The molecule has 24 heavy (non-hydrogen) atoms. The van der Waals surface area contributed by atoms with Crippen LogP contribution in [0.1, 0.15) is 30.9 Å². The number of benzene rings is 1. The van der Waals surface area contributed by atoms with Gasteiger partial charge in [0, 0.05) is 5.56 Å². The Labute approximate surface area is 147 Å². The Morgan fingerprint density at radius 2 is 2.17 bits per heavy atom. The van der Waals surface area contributed by atoms with Crippen molar-refractivity contribution in [3.8, 4) is 6.07 Å². The van der Waals surface area contributed by atoms with Gasteiger partial charge in [-0.1, -0.05) is 6.07 Å². The van der Waals surface area contributed by atoms with Gasteiger partial charge in [0.15, 0.2) is 0 Å². The minimum Gasteiger partial charge on any atom is -0.463 e. The van der Waals surface area contributed by atoms with E-state index in [4.69, 9.17) is 15.2 Å². The van der Waals surface area contributed by atoms with E-state index in [0.717, 1.165) is 5.56 Å². The molecule has 1 unspecified atom stereocenters. The zero-order chi connectivity index (χ0) is 18.0. The average Bonchev–Trinajstić information content (AvgIpc) is 2.50. The van der Waals surface area contributed by atoms with Gasteiger partial charge < -0.3 is 15.2 Å². The molecule has 1 aliphatic heterocycles. The van der Waals surface area contributed by atoms with Crippen LogP contribution in [0.15, 0.2) is 39.4 Å². The summed E-state index contributed by atoms with van der Waals surface area (Å²) < 4.78 is 25.3. The standard InChI is InChI=1S/C17H16BrFN2O3/c1-4-23-17(22)13-9(3)24-16(21)11(7-20)14(13)10-5-8(2)6-12(18)15(10)19/h5-6,14H,4,21H2,1-3H3. The van der Waals surface area contributed by atoms with Crippen molar-refractivity contribution in [3.05, 3.63) is 56.3 Å². The Morgan fingerprint density at radius 3 is 2.75 bits per heavy atom. The Hall–Kier alpha value is -2.33. The number of ether oxygens (including phenoxy) is 2. The molecule has 0 bridgehead atoms. The van der Waals surface area contributed by atoms with E-state index >= 15 is 0 Å². The fourth-order valence-corrected chi connectivity index (χ4v) is 3.22. The third-order valence-corrected chi connectivity index (χ3v) is 4.19. The predicted molar refractivity (Wildman–Crippen MR) is 88.8 cm³/mol. The SMILES string of the molecule is CCOC(=O)C1=C(C)OC(N)=C(C#N)C1c1cc(C)cc(Br)c1F. The molecule has 2 N–H and O–H groups in total. The second-order valence-corrected chi connectivity index (χ2v) is 6.12. The monoisotopic (exact) mass is 394 g/mol. The van der Waals surface area contributed by atoms with Gasteiger partial charge in [-0.2, -0.15) is 5.26 Å². The van der Waals surface area contributed by atoms with E-state index in [1.807, 2.05) is 6.07 Å². The summed E-state index contributed by atoms with van der Waals surface area (Å²) in [5, 5.41) is 9.46. The zero-order valence-electron chi connectivity index (χ0n) is 13.4. The van der Waals surface area contributed by atoms with Gasteiger partial charge in [0.25, 0.3) is 0 Å². The number of nitriles is 1. The van der Waals surface area contributed by atoms with Crippen molar-refractivity contribution in [1.29, 1.82) is 5.26 Å². The lowest BCUT2D eigenvalue weighted by molar-refractivity contribution is -0.139. The van der Waals surface area contributed by atoms with E-state index in [-0.39, 0.29) is 39.4 Å². The van der Waals surface area contributed by atoms with E-state index < -0.39 is 17.7 Å². The van der Waals surface area contributed by atoms with Crippen LogP contribution in [0.2, 0.25) is 0 Å². The summed E-state index contributed by atoms with van der Waals surface area (Å²) in [7, 11) is 0. The van der Waals surface area contributed by atoms with Crippen molar-refractivity contribution in [3.63, 3.8) is 0 Å². The highest BCUT2D eigenvalue weighted by atomic mass is 79.9. The highest BCUT2D eigenvalue weighted by Gasteiger charge is 2.38. The van der Waals surface area contributed by atoms with Gasteiger partial charge in [-0.05, 0) is 48.3 Å². The van der Waals surface area contributed by atoms with Crippen molar-refractivity contribution in [1.82, 2.24) is 0 Å². The first-order valence-electron chi connectivity index (χ1n) is 7.22. The van der Waals surface area contributed by atoms with Crippen LogP contribution in [0.25, 0.3) is 0 Å². The fourth-order valence-electron chi connectivity index (χ4n) is 2.63. The van der Waals surface area contributed by atoms with Crippen LogP contribution in [-0.4, -0.2) is 12.6 Å². The first kappa shape index (κ1) is 18.0. The Balaban J connectivity index is 2.75. The molecule has 1 aliphatic rings. The molecule has 5 nitrogen and oxygen atoms in total. The lowest BCUT2D eigenvalue weighted by atomic mass is 9.82. The molecule has 1 heterocycles. The van der Waals surface area contributed by atoms with Crippen molar-refractivity contribution < 1.29 is 18.7 Å².